The maximum Gasteiger partial charge on any atom is 0.205 e. The summed E-state index contributed by atoms with van der Waals surface area (Å²) in [6.45, 7) is 4.14. The van der Waals surface area contributed by atoms with Gasteiger partial charge in [0.25, 0.3) is 0 Å². The molecule has 7 heteroatoms. The van der Waals surface area contributed by atoms with Crippen LogP contribution in [0.15, 0.2) is 6.33 Å². The Morgan fingerprint density at radius 3 is 2.74 bits per heavy atom. The summed E-state index contributed by atoms with van der Waals surface area (Å²) in [5.41, 5.74) is 0. The summed E-state index contributed by atoms with van der Waals surface area (Å²) < 4.78 is 6.38. The van der Waals surface area contributed by atoms with Crippen molar-refractivity contribution >= 4 is 16.7 Å². The molecule has 0 bridgehead atoms. The third-order valence-electron chi connectivity index (χ3n) is 3.65. The third-order valence-corrected chi connectivity index (χ3v) is 4.47. The summed E-state index contributed by atoms with van der Waals surface area (Å²) in [6.07, 6.45) is 4.90. The maximum absolute atomic E-state index is 4.56. The van der Waals surface area contributed by atoms with Crippen molar-refractivity contribution in [1.82, 2.24) is 24.1 Å². The number of rotatable bonds is 3. The van der Waals surface area contributed by atoms with Crippen LogP contribution in [-0.2, 0) is 13.5 Å². The van der Waals surface area contributed by atoms with Crippen LogP contribution in [0.3, 0.4) is 0 Å². The molecule has 3 heterocycles. The molecule has 2 aromatic heterocycles. The molecule has 1 fully saturated rings. The van der Waals surface area contributed by atoms with Crippen molar-refractivity contribution in [2.75, 3.05) is 18.0 Å². The normalized spacial score (nSPS) is 17.1. The highest BCUT2D eigenvalue weighted by atomic mass is 32.1. The summed E-state index contributed by atoms with van der Waals surface area (Å²) in [7, 11) is 2.01. The van der Waals surface area contributed by atoms with Crippen LogP contribution in [0.25, 0.3) is 0 Å². The van der Waals surface area contributed by atoms with Crippen molar-refractivity contribution in [2.45, 2.75) is 32.1 Å². The van der Waals surface area contributed by atoms with Crippen LogP contribution in [0.5, 0.6) is 0 Å². The molecule has 0 saturated carbocycles. The van der Waals surface area contributed by atoms with Gasteiger partial charge in [0.1, 0.15) is 18.0 Å². The first-order chi connectivity index (χ1) is 9.28. The number of aromatic nitrogens is 5. The molecule has 1 aliphatic heterocycles. The molecule has 102 valence electrons. The van der Waals surface area contributed by atoms with Gasteiger partial charge in [-0.1, -0.05) is 6.92 Å². The Labute approximate surface area is 116 Å². The van der Waals surface area contributed by atoms with Gasteiger partial charge in [0.15, 0.2) is 0 Å². The minimum atomic E-state index is 0.516. The zero-order valence-corrected chi connectivity index (χ0v) is 12.1. The largest absolute Gasteiger partial charge is 0.347 e. The van der Waals surface area contributed by atoms with E-state index < -0.39 is 0 Å². The number of anilines is 1. The van der Waals surface area contributed by atoms with Gasteiger partial charge in [0.05, 0.1) is 0 Å². The third kappa shape index (κ3) is 2.47. The van der Waals surface area contributed by atoms with Crippen molar-refractivity contribution < 1.29 is 0 Å². The van der Waals surface area contributed by atoms with Crippen LogP contribution in [0, 0.1) is 0 Å². The predicted octanol–water partition coefficient (Wildman–Crippen LogP) is 1.61. The molecule has 0 aliphatic carbocycles. The van der Waals surface area contributed by atoms with Gasteiger partial charge in [-0.2, -0.15) is 4.37 Å². The molecular weight excluding hydrogens is 260 g/mol. The summed E-state index contributed by atoms with van der Waals surface area (Å²) in [5.74, 6) is 2.57. The van der Waals surface area contributed by atoms with Gasteiger partial charge in [0, 0.05) is 44.0 Å². The van der Waals surface area contributed by atoms with E-state index in [9.17, 15) is 0 Å². The van der Waals surface area contributed by atoms with Gasteiger partial charge in [-0.05, 0) is 12.8 Å². The Morgan fingerprint density at radius 1 is 1.37 bits per heavy atom. The fraction of sp³-hybridized carbons (Fsp3) is 0.667. The van der Waals surface area contributed by atoms with E-state index in [1.54, 1.807) is 6.33 Å². The van der Waals surface area contributed by atoms with Crippen LogP contribution < -0.4 is 4.90 Å². The summed E-state index contributed by atoms with van der Waals surface area (Å²) >= 11 is 1.51. The molecule has 0 unspecified atom stereocenters. The van der Waals surface area contributed by atoms with Crippen LogP contribution >= 0.6 is 11.5 Å². The van der Waals surface area contributed by atoms with Gasteiger partial charge in [-0.15, -0.1) is 10.2 Å². The number of hydrogen-bond acceptors (Lipinski definition) is 6. The lowest BCUT2D eigenvalue weighted by atomic mass is 9.96. The molecule has 19 heavy (non-hydrogen) atoms. The van der Waals surface area contributed by atoms with E-state index >= 15 is 0 Å². The molecule has 6 nitrogen and oxygen atoms in total. The van der Waals surface area contributed by atoms with Crippen LogP contribution in [0.4, 0.5) is 5.13 Å². The molecule has 1 aliphatic rings. The van der Waals surface area contributed by atoms with Crippen LogP contribution in [-0.4, -0.2) is 37.2 Å². The van der Waals surface area contributed by atoms with Gasteiger partial charge < -0.3 is 9.47 Å². The van der Waals surface area contributed by atoms with Gasteiger partial charge in [0.2, 0.25) is 5.13 Å². The Balaban J connectivity index is 1.65. The molecule has 0 atom stereocenters. The molecule has 1 saturated heterocycles. The van der Waals surface area contributed by atoms with Gasteiger partial charge in [-0.25, -0.2) is 4.98 Å². The highest BCUT2D eigenvalue weighted by Gasteiger charge is 2.25. The second-order valence-electron chi connectivity index (χ2n) is 4.91. The monoisotopic (exact) mass is 278 g/mol. The highest BCUT2D eigenvalue weighted by Crippen LogP contribution is 2.29. The van der Waals surface area contributed by atoms with Crippen LogP contribution in [0.1, 0.15) is 37.3 Å². The van der Waals surface area contributed by atoms with Crippen molar-refractivity contribution in [3.8, 4) is 0 Å². The number of hydrogen-bond donors (Lipinski definition) is 0. The minimum absolute atomic E-state index is 0.516. The summed E-state index contributed by atoms with van der Waals surface area (Å²) in [5, 5.41) is 9.25. The SMILES string of the molecule is CCc1nsc(N2CCC(c3nncn3C)CC2)n1. The lowest BCUT2D eigenvalue weighted by molar-refractivity contribution is 0.473. The van der Waals surface area contributed by atoms with Crippen molar-refractivity contribution in [3.05, 3.63) is 18.0 Å². The first-order valence-corrected chi connectivity index (χ1v) is 7.46. The molecule has 0 aromatic carbocycles. The molecule has 0 amide bonds. The molecule has 2 aromatic rings. The van der Waals surface area contributed by atoms with E-state index in [0.29, 0.717) is 5.92 Å². The van der Waals surface area contributed by atoms with Gasteiger partial charge >= 0.3 is 0 Å². The Morgan fingerprint density at radius 2 is 2.16 bits per heavy atom. The number of nitrogens with zero attached hydrogens (tertiary/aromatic N) is 6. The standard InChI is InChI=1S/C12H18N6S/c1-3-10-14-12(19-16-10)18-6-4-9(5-7-18)11-15-13-8-17(11)2/h8-9H,3-7H2,1-2H3. The molecule has 3 rings (SSSR count). The fourth-order valence-electron chi connectivity index (χ4n) is 2.51. The second-order valence-corrected chi connectivity index (χ2v) is 5.64. The average Bonchev–Trinajstić information content (AvgIpc) is 3.07. The first kappa shape index (κ1) is 12.5. The number of piperidine rings is 1. The van der Waals surface area contributed by atoms with E-state index in [0.717, 1.165) is 49.1 Å². The summed E-state index contributed by atoms with van der Waals surface area (Å²) in [6, 6.07) is 0. The van der Waals surface area contributed by atoms with E-state index in [4.69, 9.17) is 0 Å². The van der Waals surface area contributed by atoms with E-state index in [1.165, 1.54) is 11.5 Å². The zero-order chi connectivity index (χ0) is 13.2. The Bertz CT molecular complexity index is 540. The van der Waals surface area contributed by atoms with Crippen molar-refractivity contribution in [2.24, 2.45) is 7.05 Å². The zero-order valence-electron chi connectivity index (χ0n) is 11.3. The smallest absolute Gasteiger partial charge is 0.205 e. The molecule has 0 N–H and O–H groups in total. The minimum Gasteiger partial charge on any atom is -0.347 e. The second kappa shape index (κ2) is 5.24. The summed E-state index contributed by atoms with van der Waals surface area (Å²) in [4.78, 5) is 6.89. The molecular formula is C12H18N6S. The van der Waals surface area contributed by atoms with Crippen LogP contribution in [0.2, 0.25) is 0 Å². The van der Waals surface area contributed by atoms with Crippen molar-refractivity contribution in [3.63, 3.8) is 0 Å². The quantitative estimate of drug-likeness (QED) is 0.853. The lowest BCUT2D eigenvalue weighted by Gasteiger charge is -2.30. The molecule has 0 spiro atoms. The fourth-order valence-corrected chi connectivity index (χ4v) is 3.31. The van der Waals surface area contributed by atoms with Crippen molar-refractivity contribution in [1.29, 1.82) is 0 Å². The highest BCUT2D eigenvalue weighted by molar-refractivity contribution is 7.09. The topological polar surface area (TPSA) is 59.7 Å². The van der Waals surface area contributed by atoms with E-state index in [-0.39, 0.29) is 0 Å². The first-order valence-electron chi connectivity index (χ1n) is 6.69. The van der Waals surface area contributed by atoms with Gasteiger partial charge in [-0.3, -0.25) is 0 Å². The maximum atomic E-state index is 4.56. The average molecular weight is 278 g/mol. The van der Waals surface area contributed by atoms with E-state index in [1.807, 2.05) is 11.6 Å². The van der Waals surface area contributed by atoms with E-state index in [2.05, 4.69) is 31.4 Å². The number of aryl methyl sites for hydroxylation is 2. The predicted molar refractivity (Wildman–Crippen MR) is 74.5 cm³/mol. The molecule has 0 radical (unpaired) electrons. The lowest BCUT2D eigenvalue weighted by Crippen LogP contribution is -2.33. The Kier molecular flexibility index (Phi) is 3.46. The Hall–Kier alpha value is -1.50.